The molecular weight excluding hydrogens is 223 g/mol. The predicted molar refractivity (Wildman–Crippen MR) is 65.6 cm³/mol. The highest BCUT2D eigenvalue weighted by molar-refractivity contribution is 5.82. The number of nitrogens with two attached hydrogens (primary N) is 2. The Hall–Kier alpha value is -2.11. The van der Waals surface area contributed by atoms with E-state index in [4.69, 9.17) is 16.2 Å². The van der Waals surface area contributed by atoms with Gasteiger partial charge in [0.15, 0.2) is 11.6 Å². The minimum Gasteiger partial charge on any atom is -0.491 e. The summed E-state index contributed by atoms with van der Waals surface area (Å²) in [5.41, 5.74) is 10.9. The van der Waals surface area contributed by atoms with Crippen molar-refractivity contribution in [1.29, 1.82) is 0 Å². The molecule has 0 saturated heterocycles. The maximum absolute atomic E-state index is 13.3. The van der Waals surface area contributed by atoms with Gasteiger partial charge in [-0.1, -0.05) is 13.0 Å². The Labute approximate surface area is 99.0 Å². The van der Waals surface area contributed by atoms with Crippen LogP contribution in [0.5, 0.6) is 5.75 Å². The Kier molecular flexibility index (Phi) is 4.93. The summed E-state index contributed by atoms with van der Waals surface area (Å²) in [7, 11) is 0. The zero-order valence-corrected chi connectivity index (χ0v) is 9.56. The maximum atomic E-state index is 13.3. The molecule has 6 heteroatoms. The number of nitrogens with zero attached hydrogens (tertiary/aromatic N) is 2. The number of guanidine groups is 1. The molecule has 17 heavy (non-hydrogen) atoms. The summed E-state index contributed by atoms with van der Waals surface area (Å²) in [6.45, 7) is 2.41. The summed E-state index contributed by atoms with van der Waals surface area (Å²) in [6, 6.07) is 4.40. The van der Waals surface area contributed by atoms with E-state index in [1.54, 1.807) is 6.07 Å². The summed E-state index contributed by atoms with van der Waals surface area (Å²) < 4.78 is 18.5. The van der Waals surface area contributed by atoms with Gasteiger partial charge in [-0.25, -0.2) is 4.39 Å². The van der Waals surface area contributed by atoms with E-state index >= 15 is 0 Å². The van der Waals surface area contributed by atoms with Gasteiger partial charge in [0.25, 0.3) is 0 Å². The van der Waals surface area contributed by atoms with Gasteiger partial charge in [-0.05, 0) is 24.1 Å². The highest BCUT2D eigenvalue weighted by Gasteiger charge is 2.03. The van der Waals surface area contributed by atoms with E-state index in [1.807, 2.05) is 6.92 Å². The van der Waals surface area contributed by atoms with Crippen LogP contribution in [0.2, 0.25) is 0 Å². The van der Waals surface area contributed by atoms with E-state index in [9.17, 15) is 4.39 Å². The lowest BCUT2D eigenvalue weighted by Crippen LogP contribution is -2.21. The van der Waals surface area contributed by atoms with Gasteiger partial charge in [0, 0.05) is 0 Å². The molecule has 0 amide bonds. The van der Waals surface area contributed by atoms with E-state index in [-0.39, 0.29) is 11.7 Å². The third-order valence-electron chi connectivity index (χ3n) is 1.80. The van der Waals surface area contributed by atoms with Crippen molar-refractivity contribution in [3.05, 3.63) is 29.6 Å². The number of hydrogen-bond donors (Lipinski definition) is 2. The number of hydrogen-bond acceptors (Lipinski definition) is 3. The van der Waals surface area contributed by atoms with Crippen LogP contribution in [0.15, 0.2) is 28.4 Å². The highest BCUT2D eigenvalue weighted by Crippen LogP contribution is 2.18. The minimum absolute atomic E-state index is 0.134. The molecule has 1 aromatic carbocycles. The molecule has 0 fully saturated rings. The standard InChI is InChI=1S/C11H15FN4O/c1-2-5-17-10-6-8(3-4-9(10)12)7-15-16-11(13)14/h3-4,6-7H,2,5H2,1H3,(H4,13,14,16). The smallest absolute Gasteiger partial charge is 0.211 e. The van der Waals surface area contributed by atoms with Crippen molar-refractivity contribution in [2.75, 3.05) is 6.61 Å². The molecule has 0 aliphatic rings. The lowest BCUT2D eigenvalue weighted by molar-refractivity contribution is 0.301. The fourth-order valence-electron chi connectivity index (χ4n) is 1.09. The zero-order chi connectivity index (χ0) is 12.7. The molecule has 1 aromatic rings. The topological polar surface area (TPSA) is 86.0 Å². The van der Waals surface area contributed by atoms with Crippen LogP contribution in [0.1, 0.15) is 18.9 Å². The Morgan fingerprint density at radius 1 is 1.47 bits per heavy atom. The van der Waals surface area contributed by atoms with Crippen molar-refractivity contribution >= 4 is 12.2 Å². The van der Waals surface area contributed by atoms with Gasteiger partial charge in [0.2, 0.25) is 5.96 Å². The molecule has 0 aliphatic carbocycles. The molecule has 0 aliphatic heterocycles. The van der Waals surface area contributed by atoms with Crippen LogP contribution in [0.3, 0.4) is 0 Å². The quantitative estimate of drug-likeness (QED) is 0.459. The van der Waals surface area contributed by atoms with E-state index in [0.717, 1.165) is 6.42 Å². The summed E-state index contributed by atoms with van der Waals surface area (Å²) in [6.07, 6.45) is 2.23. The third kappa shape index (κ3) is 4.50. The second-order valence-electron chi connectivity index (χ2n) is 3.31. The highest BCUT2D eigenvalue weighted by atomic mass is 19.1. The molecule has 4 N–H and O–H groups in total. The van der Waals surface area contributed by atoms with E-state index < -0.39 is 5.82 Å². The van der Waals surface area contributed by atoms with Crippen molar-refractivity contribution in [3.63, 3.8) is 0 Å². The van der Waals surface area contributed by atoms with Crippen molar-refractivity contribution in [3.8, 4) is 5.75 Å². The van der Waals surface area contributed by atoms with Gasteiger partial charge >= 0.3 is 0 Å². The van der Waals surface area contributed by atoms with Gasteiger partial charge in [-0.2, -0.15) is 5.10 Å². The van der Waals surface area contributed by atoms with Gasteiger partial charge in [-0.15, -0.1) is 5.10 Å². The molecule has 0 saturated carbocycles. The largest absolute Gasteiger partial charge is 0.491 e. The van der Waals surface area contributed by atoms with Gasteiger partial charge in [0.05, 0.1) is 12.8 Å². The maximum Gasteiger partial charge on any atom is 0.211 e. The average Bonchev–Trinajstić information content (AvgIpc) is 2.29. The van der Waals surface area contributed by atoms with Gasteiger partial charge < -0.3 is 16.2 Å². The second-order valence-corrected chi connectivity index (χ2v) is 3.31. The van der Waals surface area contributed by atoms with Gasteiger partial charge in [0.1, 0.15) is 0 Å². The number of rotatable bonds is 5. The van der Waals surface area contributed by atoms with Crippen LogP contribution in [0.25, 0.3) is 0 Å². The predicted octanol–water partition coefficient (Wildman–Crippen LogP) is 1.22. The molecule has 0 spiro atoms. The van der Waals surface area contributed by atoms with Crippen LogP contribution in [-0.2, 0) is 0 Å². The second kappa shape index (κ2) is 6.47. The molecule has 0 atom stereocenters. The average molecular weight is 238 g/mol. The van der Waals surface area contributed by atoms with Crippen molar-refractivity contribution < 1.29 is 9.13 Å². The molecule has 0 aromatic heterocycles. The Balaban J connectivity index is 2.81. The first-order chi connectivity index (χ1) is 8.13. The normalized spacial score (nSPS) is 10.5. The van der Waals surface area contributed by atoms with Crippen molar-refractivity contribution in [2.24, 2.45) is 21.7 Å². The first kappa shape index (κ1) is 13.0. The first-order valence-electron chi connectivity index (χ1n) is 5.17. The van der Waals surface area contributed by atoms with Crippen LogP contribution >= 0.6 is 0 Å². The number of benzene rings is 1. The Morgan fingerprint density at radius 2 is 2.24 bits per heavy atom. The zero-order valence-electron chi connectivity index (χ0n) is 9.56. The summed E-state index contributed by atoms with van der Waals surface area (Å²) in [5.74, 6) is -0.344. The Morgan fingerprint density at radius 3 is 2.88 bits per heavy atom. The summed E-state index contributed by atoms with van der Waals surface area (Å²) in [4.78, 5) is 0. The number of halogens is 1. The lowest BCUT2D eigenvalue weighted by atomic mass is 10.2. The molecule has 5 nitrogen and oxygen atoms in total. The first-order valence-corrected chi connectivity index (χ1v) is 5.17. The van der Waals surface area contributed by atoms with E-state index in [1.165, 1.54) is 18.3 Å². The Bertz CT molecular complexity index is 427. The fraction of sp³-hybridized carbons (Fsp3) is 0.273. The SMILES string of the molecule is CCCOc1cc(C=NN=C(N)N)ccc1F. The van der Waals surface area contributed by atoms with E-state index in [2.05, 4.69) is 10.2 Å². The molecule has 0 heterocycles. The number of ether oxygens (including phenoxy) is 1. The molecule has 1 rings (SSSR count). The molecule has 0 radical (unpaired) electrons. The van der Waals surface area contributed by atoms with Crippen LogP contribution in [-0.4, -0.2) is 18.8 Å². The van der Waals surface area contributed by atoms with Gasteiger partial charge in [-0.3, -0.25) is 0 Å². The summed E-state index contributed by atoms with van der Waals surface area (Å²) in [5, 5.41) is 7.07. The molecule has 0 unspecified atom stereocenters. The van der Waals surface area contributed by atoms with Crippen LogP contribution in [0, 0.1) is 5.82 Å². The molecule has 0 bridgehead atoms. The van der Waals surface area contributed by atoms with Crippen LogP contribution in [0.4, 0.5) is 4.39 Å². The summed E-state index contributed by atoms with van der Waals surface area (Å²) >= 11 is 0. The minimum atomic E-state index is -0.405. The van der Waals surface area contributed by atoms with E-state index in [0.29, 0.717) is 12.2 Å². The van der Waals surface area contributed by atoms with Crippen LogP contribution < -0.4 is 16.2 Å². The van der Waals surface area contributed by atoms with Crippen molar-refractivity contribution in [2.45, 2.75) is 13.3 Å². The molecule has 92 valence electrons. The monoisotopic (exact) mass is 238 g/mol. The molecular formula is C11H15FN4O. The fourth-order valence-corrected chi connectivity index (χ4v) is 1.09. The lowest BCUT2D eigenvalue weighted by Gasteiger charge is -2.05. The van der Waals surface area contributed by atoms with Crippen molar-refractivity contribution in [1.82, 2.24) is 0 Å². The third-order valence-corrected chi connectivity index (χ3v) is 1.80.